The molecule has 0 amide bonds. The number of para-hydroxylation sites is 1. The average Bonchev–Trinajstić information content (AvgIpc) is 2.44. The fourth-order valence-electron chi connectivity index (χ4n) is 2.85. The molecule has 0 aliphatic heterocycles. The fourth-order valence-corrected chi connectivity index (χ4v) is 2.85. The number of nitrogens with one attached hydrogen (secondary N) is 1. The predicted molar refractivity (Wildman–Crippen MR) is 83.1 cm³/mol. The van der Waals surface area contributed by atoms with Crippen molar-refractivity contribution < 1.29 is 9.84 Å². The topological polar surface area (TPSA) is 67.5 Å². The van der Waals surface area contributed by atoms with Gasteiger partial charge in [0.1, 0.15) is 5.75 Å². The van der Waals surface area contributed by atoms with E-state index in [2.05, 4.69) is 5.32 Å². The zero-order valence-electron chi connectivity index (χ0n) is 12.5. The van der Waals surface area contributed by atoms with Gasteiger partial charge < -0.3 is 20.9 Å². The second-order valence-electron chi connectivity index (χ2n) is 6.01. The van der Waals surface area contributed by atoms with Crippen molar-refractivity contribution in [2.24, 2.45) is 0 Å². The Morgan fingerprint density at radius 2 is 2.00 bits per heavy atom. The largest absolute Gasteiger partial charge is 0.489 e. The summed E-state index contributed by atoms with van der Waals surface area (Å²) in [5, 5.41) is 13.2. The summed E-state index contributed by atoms with van der Waals surface area (Å²) in [5.41, 5.74) is 7.44. The standard InChI is InChI=1S/C16H26N2O2/c1-12(2)20-14-8-6-7-13(15(14)17)18-16(11-19)9-4-3-5-10-16/h6-8,12,18-19H,3-5,9-11,17H2,1-2H3. The van der Waals surface area contributed by atoms with E-state index in [4.69, 9.17) is 10.5 Å². The lowest BCUT2D eigenvalue weighted by molar-refractivity contribution is 0.173. The van der Waals surface area contributed by atoms with Gasteiger partial charge in [-0.25, -0.2) is 0 Å². The molecule has 1 aliphatic carbocycles. The molecule has 4 N–H and O–H groups in total. The highest BCUT2D eigenvalue weighted by molar-refractivity contribution is 5.73. The van der Waals surface area contributed by atoms with Gasteiger partial charge in [0, 0.05) is 0 Å². The lowest BCUT2D eigenvalue weighted by Gasteiger charge is -2.38. The molecule has 1 fully saturated rings. The van der Waals surface area contributed by atoms with Gasteiger partial charge >= 0.3 is 0 Å². The number of rotatable bonds is 5. The Balaban J connectivity index is 2.19. The van der Waals surface area contributed by atoms with Crippen molar-refractivity contribution in [2.75, 3.05) is 17.7 Å². The van der Waals surface area contributed by atoms with Crippen LogP contribution in [0.1, 0.15) is 46.0 Å². The minimum Gasteiger partial charge on any atom is -0.489 e. The third-order valence-corrected chi connectivity index (χ3v) is 3.94. The molecule has 0 bridgehead atoms. The first kappa shape index (κ1) is 15.0. The summed E-state index contributed by atoms with van der Waals surface area (Å²) >= 11 is 0. The third-order valence-electron chi connectivity index (χ3n) is 3.94. The van der Waals surface area contributed by atoms with Crippen molar-refractivity contribution >= 4 is 11.4 Å². The molecule has 1 aromatic carbocycles. The molecule has 20 heavy (non-hydrogen) atoms. The van der Waals surface area contributed by atoms with Gasteiger partial charge in [0.05, 0.1) is 29.6 Å². The van der Waals surface area contributed by atoms with Crippen molar-refractivity contribution in [2.45, 2.75) is 57.6 Å². The van der Waals surface area contributed by atoms with Crippen molar-refractivity contribution in [3.8, 4) is 5.75 Å². The molecule has 1 aromatic rings. The molecule has 4 nitrogen and oxygen atoms in total. The summed E-state index contributed by atoms with van der Waals surface area (Å²) in [6.07, 6.45) is 5.60. The highest BCUT2D eigenvalue weighted by Crippen LogP contribution is 2.36. The minimum absolute atomic E-state index is 0.0917. The highest BCUT2D eigenvalue weighted by atomic mass is 16.5. The first-order valence-corrected chi connectivity index (χ1v) is 7.50. The molecule has 1 aliphatic rings. The molecule has 0 aromatic heterocycles. The third kappa shape index (κ3) is 3.37. The number of aliphatic hydroxyl groups is 1. The van der Waals surface area contributed by atoms with Crippen LogP contribution < -0.4 is 15.8 Å². The van der Waals surface area contributed by atoms with E-state index in [0.717, 1.165) is 31.4 Å². The molecule has 0 atom stereocenters. The molecular weight excluding hydrogens is 252 g/mol. The molecule has 2 rings (SSSR count). The van der Waals surface area contributed by atoms with Gasteiger partial charge in [0.25, 0.3) is 0 Å². The number of anilines is 2. The van der Waals surface area contributed by atoms with E-state index in [0.29, 0.717) is 11.4 Å². The number of aliphatic hydroxyl groups excluding tert-OH is 1. The van der Waals surface area contributed by atoms with Crippen LogP contribution in [0.4, 0.5) is 11.4 Å². The van der Waals surface area contributed by atoms with Gasteiger partial charge in [-0.05, 0) is 38.8 Å². The van der Waals surface area contributed by atoms with Crippen LogP contribution in [-0.4, -0.2) is 23.4 Å². The number of hydrogen-bond acceptors (Lipinski definition) is 4. The van der Waals surface area contributed by atoms with Gasteiger partial charge in [-0.1, -0.05) is 25.3 Å². The maximum absolute atomic E-state index is 9.77. The first-order chi connectivity index (χ1) is 9.56. The van der Waals surface area contributed by atoms with Crippen molar-refractivity contribution in [1.29, 1.82) is 0 Å². The number of hydrogen-bond donors (Lipinski definition) is 3. The van der Waals surface area contributed by atoms with Crippen molar-refractivity contribution in [1.82, 2.24) is 0 Å². The van der Waals surface area contributed by atoms with Crippen LogP contribution in [0, 0.1) is 0 Å². The normalized spacial score (nSPS) is 18.0. The molecule has 0 saturated heterocycles. The summed E-state index contributed by atoms with van der Waals surface area (Å²) in [6, 6.07) is 5.77. The van der Waals surface area contributed by atoms with Crippen LogP contribution in [0.15, 0.2) is 18.2 Å². The van der Waals surface area contributed by atoms with E-state index in [-0.39, 0.29) is 18.2 Å². The predicted octanol–water partition coefficient (Wildman–Crippen LogP) is 3.16. The molecule has 112 valence electrons. The molecule has 0 radical (unpaired) electrons. The Bertz CT molecular complexity index is 440. The van der Waals surface area contributed by atoms with E-state index in [1.54, 1.807) is 0 Å². The molecule has 4 heteroatoms. The fraction of sp³-hybridized carbons (Fsp3) is 0.625. The number of nitrogen functional groups attached to an aromatic ring is 1. The molecule has 0 unspecified atom stereocenters. The summed E-state index contributed by atoms with van der Waals surface area (Å²) in [6.45, 7) is 4.10. The van der Waals surface area contributed by atoms with Crippen molar-refractivity contribution in [3.63, 3.8) is 0 Å². The zero-order valence-corrected chi connectivity index (χ0v) is 12.5. The van der Waals surface area contributed by atoms with E-state index in [9.17, 15) is 5.11 Å². The van der Waals surface area contributed by atoms with Crippen molar-refractivity contribution in [3.05, 3.63) is 18.2 Å². The van der Waals surface area contributed by atoms with Crippen LogP contribution in [0.25, 0.3) is 0 Å². The van der Waals surface area contributed by atoms with Crippen LogP contribution in [0.5, 0.6) is 5.75 Å². The second kappa shape index (κ2) is 6.35. The van der Waals surface area contributed by atoms with Gasteiger partial charge in [-0.3, -0.25) is 0 Å². The summed E-state index contributed by atoms with van der Waals surface area (Å²) in [7, 11) is 0. The van der Waals surface area contributed by atoms with Crippen LogP contribution in [0.3, 0.4) is 0 Å². The monoisotopic (exact) mass is 278 g/mol. The van der Waals surface area contributed by atoms with Crippen LogP contribution in [-0.2, 0) is 0 Å². The number of ether oxygens (including phenoxy) is 1. The lowest BCUT2D eigenvalue weighted by atomic mass is 9.82. The Morgan fingerprint density at radius 1 is 1.30 bits per heavy atom. The van der Waals surface area contributed by atoms with Gasteiger partial charge in [-0.2, -0.15) is 0 Å². The second-order valence-corrected chi connectivity index (χ2v) is 6.01. The Kier molecular flexibility index (Phi) is 4.76. The average molecular weight is 278 g/mol. The van der Waals surface area contributed by atoms with Crippen LogP contribution >= 0.6 is 0 Å². The van der Waals surface area contributed by atoms with E-state index in [1.165, 1.54) is 6.42 Å². The highest BCUT2D eigenvalue weighted by Gasteiger charge is 2.31. The first-order valence-electron chi connectivity index (χ1n) is 7.50. The van der Waals surface area contributed by atoms with E-state index < -0.39 is 0 Å². The van der Waals surface area contributed by atoms with Gasteiger partial charge in [0.2, 0.25) is 0 Å². The SMILES string of the molecule is CC(C)Oc1cccc(NC2(CO)CCCCC2)c1N. The molecule has 0 heterocycles. The molecular formula is C16H26N2O2. The Labute approximate surface area is 121 Å². The number of benzene rings is 1. The Hall–Kier alpha value is -1.42. The summed E-state index contributed by atoms with van der Waals surface area (Å²) in [5.74, 6) is 0.703. The smallest absolute Gasteiger partial charge is 0.144 e. The van der Waals surface area contributed by atoms with Gasteiger partial charge in [-0.15, -0.1) is 0 Å². The summed E-state index contributed by atoms with van der Waals surface area (Å²) in [4.78, 5) is 0. The molecule has 1 saturated carbocycles. The maximum atomic E-state index is 9.77. The Morgan fingerprint density at radius 3 is 2.60 bits per heavy atom. The van der Waals surface area contributed by atoms with Crippen LogP contribution in [0.2, 0.25) is 0 Å². The lowest BCUT2D eigenvalue weighted by Crippen LogP contribution is -2.44. The quantitative estimate of drug-likeness (QED) is 0.724. The van der Waals surface area contributed by atoms with E-state index >= 15 is 0 Å². The van der Waals surface area contributed by atoms with E-state index in [1.807, 2.05) is 32.0 Å². The minimum atomic E-state index is -0.233. The zero-order chi connectivity index (χ0) is 14.6. The molecule has 0 spiro atoms. The van der Waals surface area contributed by atoms with Gasteiger partial charge in [0.15, 0.2) is 0 Å². The summed E-state index contributed by atoms with van der Waals surface area (Å²) < 4.78 is 5.71. The number of nitrogens with two attached hydrogens (primary N) is 1. The maximum Gasteiger partial charge on any atom is 0.144 e.